The number of amides is 1. The van der Waals surface area contributed by atoms with Gasteiger partial charge < -0.3 is 20.3 Å². The first kappa shape index (κ1) is 18.7. The van der Waals surface area contributed by atoms with Crippen molar-refractivity contribution < 1.29 is 19.7 Å². The molecule has 1 rings (SSSR count). The minimum Gasteiger partial charge on any atom is -0.494 e. The van der Waals surface area contributed by atoms with Gasteiger partial charge in [-0.05, 0) is 18.6 Å². The van der Waals surface area contributed by atoms with E-state index in [1.165, 1.54) is 16.3 Å². The molecule has 0 aliphatic carbocycles. The minimum absolute atomic E-state index is 0.0327. The van der Waals surface area contributed by atoms with E-state index in [1.807, 2.05) is 6.92 Å². The maximum Gasteiger partial charge on any atom is 0.220 e. The van der Waals surface area contributed by atoms with Gasteiger partial charge in [-0.3, -0.25) is 9.36 Å². The molecule has 0 aliphatic rings. The Bertz CT molecular complexity index is 463. The lowest BCUT2D eigenvalue weighted by atomic mass is 10.2. The molecule has 0 radical (unpaired) electrons. The van der Waals surface area contributed by atoms with Crippen LogP contribution in [0.15, 0.2) is 11.0 Å². The van der Waals surface area contributed by atoms with E-state index in [0.29, 0.717) is 31.0 Å². The van der Waals surface area contributed by atoms with Crippen molar-refractivity contribution in [3.05, 3.63) is 6.07 Å². The fourth-order valence-electron chi connectivity index (χ4n) is 2.10. The van der Waals surface area contributed by atoms with Gasteiger partial charge in [0.25, 0.3) is 0 Å². The van der Waals surface area contributed by atoms with Crippen LogP contribution in [0.5, 0.6) is 11.8 Å². The second-order valence-electron chi connectivity index (χ2n) is 4.93. The first-order chi connectivity index (χ1) is 10.6. The van der Waals surface area contributed by atoms with E-state index in [0.717, 1.165) is 25.0 Å². The number of nitrogens with one attached hydrogen (secondary N) is 1. The van der Waals surface area contributed by atoms with E-state index in [1.54, 1.807) is 13.2 Å². The number of hydrogen-bond acceptors (Lipinski definition) is 5. The Kier molecular flexibility index (Phi) is 8.84. The van der Waals surface area contributed by atoms with Gasteiger partial charge in [0.15, 0.2) is 5.88 Å². The fourth-order valence-corrected chi connectivity index (χ4v) is 2.84. The molecule has 7 heteroatoms. The van der Waals surface area contributed by atoms with Crippen molar-refractivity contribution >= 4 is 17.7 Å². The summed E-state index contributed by atoms with van der Waals surface area (Å²) in [6.45, 7) is 3.61. The number of carbonyl (C=O) groups excluding carboxylic acids is 1. The highest BCUT2D eigenvalue weighted by Gasteiger charge is 2.13. The van der Waals surface area contributed by atoms with Crippen LogP contribution in [0.2, 0.25) is 0 Å². The molecule has 0 saturated carbocycles. The third-order valence-corrected chi connectivity index (χ3v) is 4.13. The van der Waals surface area contributed by atoms with Crippen molar-refractivity contribution in [2.24, 2.45) is 0 Å². The molecule has 0 bridgehead atoms. The van der Waals surface area contributed by atoms with Crippen LogP contribution in [0.1, 0.15) is 32.6 Å². The Hall–Kier alpha value is -1.34. The lowest BCUT2D eigenvalue weighted by molar-refractivity contribution is -0.121. The average molecular weight is 330 g/mol. The van der Waals surface area contributed by atoms with Crippen molar-refractivity contribution in [3.8, 4) is 11.8 Å². The topological polar surface area (TPSA) is 83.7 Å². The SMILES string of the molecule is CCSc1cc(O)n(CCCCCC(=O)NCCOC)c1O. The molecule has 1 amide bonds. The van der Waals surface area contributed by atoms with Crippen molar-refractivity contribution in [2.45, 2.75) is 44.0 Å². The Balaban J connectivity index is 2.23. The van der Waals surface area contributed by atoms with E-state index in [2.05, 4.69) is 5.32 Å². The number of carbonyl (C=O) groups is 1. The number of aromatic hydroxyl groups is 2. The van der Waals surface area contributed by atoms with Crippen LogP contribution in [-0.4, -0.2) is 46.7 Å². The van der Waals surface area contributed by atoms with Crippen LogP contribution in [0.3, 0.4) is 0 Å². The highest BCUT2D eigenvalue weighted by Crippen LogP contribution is 2.35. The summed E-state index contributed by atoms with van der Waals surface area (Å²) in [5.74, 6) is 1.09. The second-order valence-corrected chi connectivity index (χ2v) is 6.23. The fraction of sp³-hybridized carbons (Fsp3) is 0.667. The van der Waals surface area contributed by atoms with E-state index < -0.39 is 0 Å². The van der Waals surface area contributed by atoms with Gasteiger partial charge in [-0.15, -0.1) is 11.8 Å². The molecule has 0 saturated heterocycles. The molecule has 0 spiro atoms. The van der Waals surface area contributed by atoms with Crippen LogP contribution in [0, 0.1) is 0 Å². The third-order valence-electron chi connectivity index (χ3n) is 3.23. The molecule has 1 aromatic rings. The smallest absolute Gasteiger partial charge is 0.220 e. The van der Waals surface area contributed by atoms with Gasteiger partial charge in [0.1, 0.15) is 0 Å². The molecule has 0 fully saturated rings. The summed E-state index contributed by atoms with van der Waals surface area (Å²) >= 11 is 1.50. The number of nitrogens with zero attached hydrogens (tertiary/aromatic N) is 1. The molecule has 0 aromatic carbocycles. The van der Waals surface area contributed by atoms with Gasteiger partial charge in [-0.2, -0.15) is 0 Å². The predicted molar refractivity (Wildman–Crippen MR) is 87.5 cm³/mol. The molecule has 6 nitrogen and oxygen atoms in total. The van der Waals surface area contributed by atoms with Crippen LogP contribution in [-0.2, 0) is 16.1 Å². The number of rotatable bonds is 11. The summed E-state index contributed by atoms with van der Waals surface area (Å²) in [6.07, 6.45) is 2.95. The molecular weight excluding hydrogens is 304 g/mol. The number of methoxy groups -OCH3 is 1. The standard InChI is InChI=1S/C15H26N2O4S/c1-3-22-12-11-14(19)17(15(12)20)9-6-4-5-7-13(18)16-8-10-21-2/h11,19-20H,3-10H2,1-2H3,(H,16,18). The Labute approximate surface area is 135 Å². The second kappa shape index (κ2) is 10.4. The number of hydrogen-bond donors (Lipinski definition) is 3. The van der Waals surface area contributed by atoms with Gasteiger partial charge in [0.05, 0.1) is 11.5 Å². The van der Waals surface area contributed by atoms with E-state index in [4.69, 9.17) is 4.74 Å². The van der Waals surface area contributed by atoms with Gasteiger partial charge in [0, 0.05) is 32.7 Å². The van der Waals surface area contributed by atoms with Crippen molar-refractivity contribution in [1.29, 1.82) is 0 Å². The molecule has 22 heavy (non-hydrogen) atoms. The normalized spacial score (nSPS) is 10.8. The lowest BCUT2D eigenvalue weighted by Gasteiger charge is -2.07. The number of unbranched alkanes of at least 4 members (excludes halogenated alkanes) is 2. The molecule has 3 N–H and O–H groups in total. The first-order valence-electron chi connectivity index (χ1n) is 7.60. The molecule has 0 unspecified atom stereocenters. The maximum atomic E-state index is 11.5. The van der Waals surface area contributed by atoms with Gasteiger partial charge >= 0.3 is 0 Å². The largest absolute Gasteiger partial charge is 0.494 e. The van der Waals surface area contributed by atoms with Gasteiger partial charge in [-0.1, -0.05) is 13.3 Å². The maximum absolute atomic E-state index is 11.5. The summed E-state index contributed by atoms with van der Waals surface area (Å²) in [5.41, 5.74) is 0. The molecule has 0 aliphatic heterocycles. The third kappa shape index (κ3) is 6.19. The summed E-state index contributed by atoms with van der Waals surface area (Å²) in [6, 6.07) is 1.59. The monoisotopic (exact) mass is 330 g/mol. The first-order valence-corrected chi connectivity index (χ1v) is 8.58. The zero-order valence-corrected chi connectivity index (χ0v) is 14.1. The molecule has 0 atom stereocenters. The number of ether oxygens (including phenoxy) is 1. The molecule has 1 aromatic heterocycles. The Morgan fingerprint density at radius 2 is 2.14 bits per heavy atom. The number of aromatic nitrogens is 1. The summed E-state index contributed by atoms with van der Waals surface area (Å²) < 4.78 is 6.37. The van der Waals surface area contributed by atoms with Crippen LogP contribution >= 0.6 is 11.8 Å². The van der Waals surface area contributed by atoms with E-state index in [-0.39, 0.29) is 17.7 Å². The van der Waals surface area contributed by atoms with Crippen LogP contribution < -0.4 is 5.32 Å². The van der Waals surface area contributed by atoms with Crippen molar-refractivity contribution in [2.75, 3.05) is 26.0 Å². The molecule has 1 heterocycles. The lowest BCUT2D eigenvalue weighted by Crippen LogP contribution is -2.26. The van der Waals surface area contributed by atoms with Gasteiger partial charge in [-0.25, -0.2) is 0 Å². The van der Waals surface area contributed by atoms with Crippen molar-refractivity contribution in [1.82, 2.24) is 9.88 Å². The minimum atomic E-state index is 0.0327. The average Bonchev–Trinajstić information content (AvgIpc) is 2.75. The Morgan fingerprint density at radius 1 is 1.36 bits per heavy atom. The predicted octanol–water partition coefficient (Wildman–Crippen LogP) is 2.33. The van der Waals surface area contributed by atoms with E-state index >= 15 is 0 Å². The number of thioether (sulfide) groups is 1. The van der Waals surface area contributed by atoms with Crippen molar-refractivity contribution in [3.63, 3.8) is 0 Å². The van der Waals surface area contributed by atoms with Gasteiger partial charge in [0.2, 0.25) is 11.8 Å². The molecular formula is C15H26N2O4S. The highest BCUT2D eigenvalue weighted by molar-refractivity contribution is 7.99. The summed E-state index contributed by atoms with van der Waals surface area (Å²) in [7, 11) is 1.60. The Morgan fingerprint density at radius 3 is 2.82 bits per heavy atom. The summed E-state index contributed by atoms with van der Waals surface area (Å²) in [5, 5.41) is 22.6. The highest BCUT2D eigenvalue weighted by atomic mass is 32.2. The molecule has 126 valence electrons. The summed E-state index contributed by atoms with van der Waals surface area (Å²) in [4.78, 5) is 12.2. The quantitative estimate of drug-likeness (QED) is 0.428. The zero-order chi connectivity index (χ0) is 16.4. The van der Waals surface area contributed by atoms with E-state index in [9.17, 15) is 15.0 Å². The zero-order valence-electron chi connectivity index (χ0n) is 13.3. The van der Waals surface area contributed by atoms with Crippen LogP contribution in [0.25, 0.3) is 0 Å². The van der Waals surface area contributed by atoms with Crippen LogP contribution in [0.4, 0.5) is 0 Å².